The van der Waals surface area contributed by atoms with Crippen molar-refractivity contribution in [3.8, 4) is 0 Å². The molecule has 0 aliphatic carbocycles. The second-order valence-corrected chi connectivity index (χ2v) is 6.17. The van der Waals surface area contributed by atoms with Crippen molar-refractivity contribution in [1.29, 1.82) is 0 Å². The molecule has 3 aromatic rings. The first-order valence-electron chi connectivity index (χ1n) is 7.76. The number of carboxylic acid groups (broad SMARTS) is 1. The second kappa shape index (κ2) is 7.40. The standard InChI is InChI=1S/C17H16ClN5O3/c1-11-3-2-4-12(7-11)8-23-9-13(18)16(21-23)19-17(26)14-5-6-22(20-14)10-15(24)25/h2-7,9H,8,10H2,1H3,(H,24,25)(H,19,21,26). The highest BCUT2D eigenvalue weighted by Crippen LogP contribution is 2.20. The molecule has 134 valence electrons. The molecule has 0 atom stereocenters. The van der Waals surface area contributed by atoms with Crippen LogP contribution in [0.2, 0.25) is 5.02 Å². The number of amides is 1. The number of benzene rings is 1. The number of carbonyl (C=O) groups excluding carboxylic acids is 1. The van der Waals surface area contributed by atoms with E-state index in [9.17, 15) is 9.59 Å². The molecular weight excluding hydrogens is 358 g/mol. The number of hydrogen-bond donors (Lipinski definition) is 2. The quantitative estimate of drug-likeness (QED) is 0.690. The zero-order chi connectivity index (χ0) is 18.7. The van der Waals surface area contributed by atoms with Gasteiger partial charge in [-0.3, -0.25) is 19.0 Å². The third kappa shape index (κ3) is 4.28. The van der Waals surface area contributed by atoms with Crippen LogP contribution in [0.3, 0.4) is 0 Å². The van der Waals surface area contributed by atoms with Gasteiger partial charge in [0.1, 0.15) is 11.6 Å². The summed E-state index contributed by atoms with van der Waals surface area (Å²) in [6, 6.07) is 9.43. The molecule has 0 saturated heterocycles. The molecule has 0 spiro atoms. The zero-order valence-corrected chi connectivity index (χ0v) is 14.6. The van der Waals surface area contributed by atoms with Crippen molar-refractivity contribution < 1.29 is 14.7 Å². The first kappa shape index (κ1) is 17.7. The van der Waals surface area contributed by atoms with Crippen LogP contribution in [0.4, 0.5) is 5.82 Å². The number of hydrogen-bond acceptors (Lipinski definition) is 4. The number of halogens is 1. The first-order valence-corrected chi connectivity index (χ1v) is 8.13. The van der Waals surface area contributed by atoms with Crippen LogP contribution in [-0.2, 0) is 17.9 Å². The molecule has 2 N–H and O–H groups in total. The Morgan fingerprint density at radius 1 is 1.23 bits per heavy atom. The third-order valence-electron chi connectivity index (χ3n) is 3.55. The molecule has 0 aliphatic rings. The van der Waals surface area contributed by atoms with E-state index in [0.717, 1.165) is 15.8 Å². The summed E-state index contributed by atoms with van der Waals surface area (Å²) in [6.07, 6.45) is 3.05. The van der Waals surface area contributed by atoms with Crippen molar-refractivity contribution in [2.45, 2.75) is 20.0 Å². The van der Waals surface area contributed by atoms with Gasteiger partial charge in [0.2, 0.25) is 0 Å². The molecule has 26 heavy (non-hydrogen) atoms. The van der Waals surface area contributed by atoms with E-state index in [4.69, 9.17) is 16.7 Å². The lowest BCUT2D eigenvalue weighted by atomic mass is 10.1. The maximum atomic E-state index is 12.2. The summed E-state index contributed by atoms with van der Waals surface area (Å²) < 4.78 is 2.80. The Bertz CT molecular complexity index is 963. The SMILES string of the molecule is Cc1cccc(Cn2cc(Cl)c(NC(=O)c3ccn(CC(=O)O)n3)n2)c1. The highest BCUT2D eigenvalue weighted by molar-refractivity contribution is 6.33. The number of anilines is 1. The highest BCUT2D eigenvalue weighted by Gasteiger charge is 2.15. The number of aryl methyl sites for hydroxylation is 1. The number of rotatable bonds is 6. The van der Waals surface area contributed by atoms with Crippen LogP contribution < -0.4 is 5.32 Å². The molecule has 8 nitrogen and oxygen atoms in total. The summed E-state index contributed by atoms with van der Waals surface area (Å²) in [7, 11) is 0. The largest absolute Gasteiger partial charge is 0.480 e. The lowest BCUT2D eigenvalue weighted by molar-refractivity contribution is -0.137. The number of carboxylic acids is 1. The van der Waals surface area contributed by atoms with Gasteiger partial charge in [-0.05, 0) is 18.6 Å². The monoisotopic (exact) mass is 373 g/mol. The lowest BCUT2D eigenvalue weighted by Crippen LogP contribution is -2.15. The molecular formula is C17H16ClN5O3. The minimum absolute atomic E-state index is 0.0792. The number of aromatic nitrogens is 4. The number of nitrogens with one attached hydrogen (secondary N) is 1. The van der Waals surface area contributed by atoms with E-state index in [1.54, 1.807) is 10.9 Å². The van der Waals surface area contributed by atoms with Gasteiger partial charge in [-0.1, -0.05) is 41.4 Å². The third-order valence-corrected chi connectivity index (χ3v) is 3.82. The summed E-state index contributed by atoms with van der Waals surface area (Å²) >= 11 is 6.15. The van der Waals surface area contributed by atoms with Gasteiger partial charge in [0, 0.05) is 12.4 Å². The fourth-order valence-electron chi connectivity index (χ4n) is 2.44. The molecule has 0 aliphatic heterocycles. The average Bonchev–Trinajstić information content (AvgIpc) is 3.14. The molecule has 9 heteroatoms. The van der Waals surface area contributed by atoms with Gasteiger partial charge in [0.15, 0.2) is 11.5 Å². The first-order chi connectivity index (χ1) is 12.4. The van der Waals surface area contributed by atoms with E-state index < -0.39 is 11.9 Å². The fourth-order valence-corrected chi connectivity index (χ4v) is 2.64. The number of carbonyl (C=O) groups is 2. The van der Waals surface area contributed by atoms with Crippen molar-refractivity contribution in [1.82, 2.24) is 19.6 Å². The summed E-state index contributed by atoms with van der Waals surface area (Å²) in [5, 5.41) is 19.8. The molecule has 0 bridgehead atoms. The van der Waals surface area contributed by atoms with Crippen molar-refractivity contribution in [3.63, 3.8) is 0 Å². The molecule has 0 unspecified atom stereocenters. The highest BCUT2D eigenvalue weighted by atomic mass is 35.5. The normalized spacial score (nSPS) is 10.7. The van der Waals surface area contributed by atoms with E-state index in [1.807, 2.05) is 31.2 Å². The predicted octanol–water partition coefficient (Wildman–Crippen LogP) is 2.43. The molecule has 1 amide bonds. The number of nitrogens with zero attached hydrogens (tertiary/aromatic N) is 4. The smallest absolute Gasteiger partial charge is 0.325 e. The Morgan fingerprint density at radius 2 is 2.04 bits per heavy atom. The van der Waals surface area contributed by atoms with Gasteiger partial charge in [0.25, 0.3) is 5.91 Å². The van der Waals surface area contributed by atoms with Crippen LogP contribution in [0.1, 0.15) is 21.6 Å². The molecule has 2 aromatic heterocycles. The molecule has 0 saturated carbocycles. The van der Waals surface area contributed by atoms with Gasteiger partial charge in [-0.2, -0.15) is 10.2 Å². The molecule has 3 rings (SSSR count). The Hall–Kier alpha value is -3.13. The van der Waals surface area contributed by atoms with E-state index in [-0.39, 0.29) is 18.1 Å². The van der Waals surface area contributed by atoms with Crippen molar-refractivity contribution in [2.75, 3.05) is 5.32 Å². The Balaban J connectivity index is 1.70. The zero-order valence-electron chi connectivity index (χ0n) is 13.9. The Kier molecular flexibility index (Phi) is 5.04. The Labute approximate surface area is 154 Å². The summed E-state index contributed by atoms with van der Waals surface area (Å²) in [4.78, 5) is 22.9. The van der Waals surface area contributed by atoms with Crippen LogP contribution >= 0.6 is 11.6 Å². The number of aliphatic carboxylic acids is 1. The maximum Gasteiger partial charge on any atom is 0.325 e. The van der Waals surface area contributed by atoms with Gasteiger partial charge >= 0.3 is 5.97 Å². The second-order valence-electron chi connectivity index (χ2n) is 5.76. The maximum absolute atomic E-state index is 12.2. The molecule has 0 radical (unpaired) electrons. The van der Waals surface area contributed by atoms with Crippen LogP contribution in [0, 0.1) is 6.92 Å². The van der Waals surface area contributed by atoms with E-state index in [1.165, 1.54) is 12.3 Å². The minimum atomic E-state index is -1.04. The van der Waals surface area contributed by atoms with Gasteiger partial charge in [-0.25, -0.2) is 0 Å². The predicted molar refractivity (Wildman–Crippen MR) is 95.3 cm³/mol. The van der Waals surface area contributed by atoms with Crippen molar-refractivity contribution in [3.05, 3.63) is 64.6 Å². The Morgan fingerprint density at radius 3 is 2.77 bits per heavy atom. The van der Waals surface area contributed by atoms with Crippen molar-refractivity contribution in [2.24, 2.45) is 0 Å². The van der Waals surface area contributed by atoms with E-state index in [0.29, 0.717) is 11.6 Å². The van der Waals surface area contributed by atoms with Gasteiger partial charge in [-0.15, -0.1) is 0 Å². The summed E-state index contributed by atoms with van der Waals surface area (Å²) in [5.74, 6) is -1.34. The van der Waals surface area contributed by atoms with Crippen LogP contribution in [0.15, 0.2) is 42.7 Å². The van der Waals surface area contributed by atoms with E-state index in [2.05, 4.69) is 15.5 Å². The molecule has 1 aromatic carbocycles. The van der Waals surface area contributed by atoms with Crippen LogP contribution in [-0.4, -0.2) is 36.5 Å². The lowest BCUT2D eigenvalue weighted by Gasteiger charge is -2.03. The minimum Gasteiger partial charge on any atom is -0.480 e. The van der Waals surface area contributed by atoms with Crippen molar-refractivity contribution >= 4 is 29.3 Å². The van der Waals surface area contributed by atoms with Gasteiger partial charge < -0.3 is 10.4 Å². The van der Waals surface area contributed by atoms with Crippen LogP contribution in [0.5, 0.6) is 0 Å². The van der Waals surface area contributed by atoms with Crippen LogP contribution in [0.25, 0.3) is 0 Å². The molecule has 2 heterocycles. The topological polar surface area (TPSA) is 102 Å². The fraction of sp³-hybridized carbons (Fsp3) is 0.176. The molecule has 0 fully saturated rings. The summed E-state index contributed by atoms with van der Waals surface area (Å²) in [5.41, 5.74) is 2.29. The van der Waals surface area contributed by atoms with E-state index >= 15 is 0 Å². The van der Waals surface area contributed by atoms with Gasteiger partial charge in [0.05, 0.1) is 6.54 Å². The summed E-state index contributed by atoms with van der Waals surface area (Å²) in [6.45, 7) is 2.21. The average molecular weight is 374 g/mol.